The molecule has 0 aliphatic heterocycles. The molecule has 1 fully saturated rings. The van der Waals surface area contributed by atoms with E-state index >= 15 is 0 Å². The molecule has 4 unspecified atom stereocenters. The van der Waals surface area contributed by atoms with Crippen LogP contribution in [0.5, 0.6) is 0 Å². The van der Waals surface area contributed by atoms with E-state index in [0.29, 0.717) is 0 Å². The van der Waals surface area contributed by atoms with Crippen LogP contribution in [0.15, 0.2) is 0 Å². The molecule has 1 aliphatic rings. The summed E-state index contributed by atoms with van der Waals surface area (Å²) >= 11 is 0. The molecule has 0 amide bonds. The van der Waals surface area contributed by atoms with Gasteiger partial charge < -0.3 is 0 Å². The van der Waals surface area contributed by atoms with Gasteiger partial charge in [-0.05, 0) is 36.5 Å². The first-order valence-electron chi connectivity index (χ1n) is 7.74. The molecule has 0 bridgehead atoms. The van der Waals surface area contributed by atoms with Crippen LogP contribution in [0.2, 0.25) is 0 Å². The molecule has 0 heterocycles. The highest BCUT2D eigenvalue weighted by Gasteiger charge is 2.34. The molecule has 1 saturated carbocycles. The Morgan fingerprint density at radius 3 is 2.12 bits per heavy atom. The van der Waals surface area contributed by atoms with E-state index in [1.54, 1.807) is 0 Å². The van der Waals surface area contributed by atoms with Crippen molar-refractivity contribution in [1.29, 1.82) is 0 Å². The van der Waals surface area contributed by atoms with Crippen molar-refractivity contribution in [2.45, 2.75) is 79.1 Å². The molecule has 0 spiro atoms. The second-order valence-electron chi connectivity index (χ2n) is 5.93. The lowest BCUT2D eigenvalue weighted by Crippen LogP contribution is -2.32. The van der Waals surface area contributed by atoms with Gasteiger partial charge in [0, 0.05) is 0 Å². The highest BCUT2D eigenvalue weighted by molar-refractivity contribution is 4.84. The van der Waals surface area contributed by atoms with Crippen molar-refractivity contribution in [1.82, 2.24) is 0 Å². The van der Waals surface area contributed by atoms with Crippen LogP contribution in [0.3, 0.4) is 0 Å². The summed E-state index contributed by atoms with van der Waals surface area (Å²) in [6.45, 7) is 9.62. The Labute approximate surface area is 103 Å². The zero-order valence-electron chi connectivity index (χ0n) is 12.0. The van der Waals surface area contributed by atoms with Crippen LogP contribution >= 0.6 is 0 Å². The molecule has 0 heteroatoms. The van der Waals surface area contributed by atoms with Gasteiger partial charge in [-0.1, -0.05) is 66.2 Å². The Morgan fingerprint density at radius 2 is 1.56 bits per heavy atom. The summed E-state index contributed by atoms with van der Waals surface area (Å²) in [5.41, 5.74) is 0. The van der Waals surface area contributed by atoms with E-state index in [-0.39, 0.29) is 0 Å². The van der Waals surface area contributed by atoms with Crippen molar-refractivity contribution in [3.05, 3.63) is 0 Å². The topological polar surface area (TPSA) is 0 Å². The zero-order valence-corrected chi connectivity index (χ0v) is 12.0. The van der Waals surface area contributed by atoms with Gasteiger partial charge in [0.2, 0.25) is 0 Å². The molecular formula is C16H32. The van der Waals surface area contributed by atoms with Gasteiger partial charge in [-0.25, -0.2) is 0 Å². The van der Waals surface area contributed by atoms with E-state index in [1.807, 2.05) is 0 Å². The van der Waals surface area contributed by atoms with Crippen LogP contribution in [0.1, 0.15) is 79.1 Å². The Kier molecular flexibility index (Phi) is 6.46. The maximum absolute atomic E-state index is 2.52. The zero-order chi connectivity index (χ0) is 12.0. The first kappa shape index (κ1) is 14.1. The lowest BCUT2D eigenvalue weighted by Gasteiger charge is -2.41. The summed E-state index contributed by atoms with van der Waals surface area (Å²) in [6, 6.07) is 0. The summed E-state index contributed by atoms with van der Waals surface area (Å²) in [5.74, 6) is 4.08. The first-order chi connectivity index (χ1) is 7.74. The molecule has 0 aromatic rings. The number of unbranched alkanes of at least 4 members (excludes halogenated alkanes) is 2. The fraction of sp³-hybridized carbons (Fsp3) is 1.00. The van der Waals surface area contributed by atoms with E-state index in [9.17, 15) is 0 Å². The van der Waals surface area contributed by atoms with E-state index in [1.165, 1.54) is 51.4 Å². The van der Waals surface area contributed by atoms with Gasteiger partial charge >= 0.3 is 0 Å². The molecule has 0 aromatic carbocycles. The van der Waals surface area contributed by atoms with Crippen LogP contribution < -0.4 is 0 Å². The lowest BCUT2D eigenvalue weighted by molar-refractivity contribution is 0.0881. The van der Waals surface area contributed by atoms with Crippen LogP contribution in [0, 0.1) is 23.7 Å². The van der Waals surface area contributed by atoms with Gasteiger partial charge in [0.25, 0.3) is 0 Å². The summed E-state index contributed by atoms with van der Waals surface area (Å²) in [4.78, 5) is 0. The van der Waals surface area contributed by atoms with Gasteiger partial charge in [-0.15, -0.1) is 0 Å². The molecule has 0 radical (unpaired) electrons. The van der Waals surface area contributed by atoms with E-state index in [0.717, 1.165) is 23.7 Å². The van der Waals surface area contributed by atoms with Crippen LogP contribution in [-0.2, 0) is 0 Å². The Bertz CT molecular complexity index is 171. The third-order valence-electron chi connectivity index (χ3n) is 5.11. The minimum absolute atomic E-state index is 0.982. The van der Waals surface area contributed by atoms with Crippen molar-refractivity contribution in [2.75, 3.05) is 0 Å². The van der Waals surface area contributed by atoms with E-state index < -0.39 is 0 Å². The quantitative estimate of drug-likeness (QED) is 0.510. The number of rotatable bonds is 6. The Hall–Kier alpha value is 0. The summed E-state index contributed by atoms with van der Waals surface area (Å²) in [6.07, 6.45) is 11.6. The van der Waals surface area contributed by atoms with Crippen molar-refractivity contribution in [3.8, 4) is 0 Å². The SMILES string of the molecule is CCCCCC1CCC(CC)C(C)C1CC. The second-order valence-corrected chi connectivity index (χ2v) is 5.93. The fourth-order valence-electron chi connectivity index (χ4n) is 3.98. The maximum atomic E-state index is 2.52. The van der Waals surface area contributed by atoms with Crippen LogP contribution in [0.25, 0.3) is 0 Å². The molecule has 0 nitrogen and oxygen atoms in total. The van der Waals surface area contributed by atoms with Gasteiger partial charge in [-0.2, -0.15) is 0 Å². The average Bonchev–Trinajstić information content (AvgIpc) is 2.30. The molecule has 4 atom stereocenters. The lowest BCUT2D eigenvalue weighted by atomic mass is 9.64. The molecule has 0 saturated heterocycles. The van der Waals surface area contributed by atoms with Crippen molar-refractivity contribution in [3.63, 3.8) is 0 Å². The molecule has 1 rings (SSSR count). The standard InChI is InChI=1S/C16H32/c1-5-8-9-10-15-12-11-14(6-2)13(4)16(15)7-3/h13-16H,5-12H2,1-4H3. The highest BCUT2D eigenvalue weighted by Crippen LogP contribution is 2.43. The fourth-order valence-corrected chi connectivity index (χ4v) is 3.98. The van der Waals surface area contributed by atoms with Gasteiger partial charge in [0.15, 0.2) is 0 Å². The highest BCUT2D eigenvalue weighted by atomic mass is 14.4. The molecule has 96 valence electrons. The summed E-state index contributed by atoms with van der Waals surface area (Å²) in [7, 11) is 0. The molecule has 0 N–H and O–H groups in total. The van der Waals surface area contributed by atoms with Gasteiger partial charge in [-0.3, -0.25) is 0 Å². The Balaban J connectivity index is 2.45. The summed E-state index contributed by atoms with van der Waals surface area (Å²) < 4.78 is 0. The van der Waals surface area contributed by atoms with Gasteiger partial charge in [0.05, 0.1) is 0 Å². The van der Waals surface area contributed by atoms with Gasteiger partial charge in [0.1, 0.15) is 0 Å². The normalized spacial score (nSPS) is 35.2. The average molecular weight is 224 g/mol. The van der Waals surface area contributed by atoms with Crippen LogP contribution in [-0.4, -0.2) is 0 Å². The van der Waals surface area contributed by atoms with Crippen molar-refractivity contribution < 1.29 is 0 Å². The Morgan fingerprint density at radius 1 is 0.875 bits per heavy atom. The third kappa shape index (κ3) is 3.50. The van der Waals surface area contributed by atoms with E-state index in [2.05, 4.69) is 27.7 Å². The molecule has 1 aliphatic carbocycles. The number of hydrogen-bond donors (Lipinski definition) is 0. The molecule has 0 aromatic heterocycles. The third-order valence-corrected chi connectivity index (χ3v) is 5.11. The predicted molar refractivity (Wildman–Crippen MR) is 73.6 cm³/mol. The minimum atomic E-state index is 0.982. The smallest absolute Gasteiger partial charge is 0.0360 e. The maximum Gasteiger partial charge on any atom is -0.0360 e. The van der Waals surface area contributed by atoms with Crippen molar-refractivity contribution >= 4 is 0 Å². The van der Waals surface area contributed by atoms with E-state index in [4.69, 9.17) is 0 Å². The summed E-state index contributed by atoms with van der Waals surface area (Å²) in [5, 5.41) is 0. The molecule has 16 heavy (non-hydrogen) atoms. The molecular weight excluding hydrogens is 192 g/mol. The number of hydrogen-bond acceptors (Lipinski definition) is 0. The minimum Gasteiger partial charge on any atom is -0.0654 e. The largest absolute Gasteiger partial charge is 0.0654 e. The van der Waals surface area contributed by atoms with Crippen molar-refractivity contribution in [2.24, 2.45) is 23.7 Å². The second kappa shape index (κ2) is 7.35. The predicted octanol–water partition coefficient (Wildman–Crippen LogP) is 5.67. The monoisotopic (exact) mass is 224 g/mol. The first-order valence-corrected chi connectivity index (χ1v) is 7.74. The van der Waals surface area contributed by atoms with Crippen LogP contribution in [0.4, 0.5) is 0 Å².